The topological polar surface area (TPSA) is 61.4 Å². The van der Waals surface area contributed by atoms with E-state index in [4.69, 9.17) is 0 Å². The molecular formula is C23H35N3O2. The maximum absolute atomic E-state index is 12.6. The molecule has 0 radical (unpaired) electrons. The third kappa shape index (κ3) is 3.69. The molecule has 3 amide bonds. The monoisotopic (exact) mass is 385 g/mol. The van der Waals surface area contributed by atoms with Crippen molar-refractivity contribution in [2.45, 2.75) is 82.6 Å². The molecule has 154 valence electrons. The Morgan fingerprint density at radius 1 is 0.929 bits per heavy atom. The second kappa shape index (κ2) is 7.38. The molecule has 4 fully saturated rings. The number of hydrogen-bond acceptors (Lipinski definition) is 2. The quantitative estimate of drug-likeness (QED) is 0.724. The highest BCUT2D eigenvalue weighted by Crippen LogP contribution is 2.55. The molecule has 0 atom stereocenters. The molecule has 5 aliphatic carbocycles. The Kier molecular flexibility index (Phi) is 4.88. The van der Waals surface area contributed by atoms with E-state index < -0.39 is 0 Å². The fourth-order valence-electron chi connectivity index (χ4n) is 7.31. The maximum atomic E-state index is 12.6. The molecule has 0 aromatic carbocycles. The molecule has 2 N–H and O–H groups in total. The standard InChI is InChI=1S/C23H35N3O2/c27-21(26-8-6-19-3-1-2-4-20(19)15-26)5-7-24-22(28)25-23-12-16-9-17(13-23)11-18(10-16)14-23/h16-18H,1-15H2,(H2,24,25,28). The lowest BCUT2D eigenvalue weighted by molar-refractivity contribution is -0.130. The van der Waals surface area contributed by atoms with E-state index in [0.29, 0.717) is 13.0 Å². The Balaban J connectivity index is 1.07. The van der Waals surface area contributed by atoms with Gasteiger partial charge in [0.15, 0.2) is 0 Å². The second-order valence-corrected chi connectivity index (χ2v) is 10.3. The number of nitrogens with zero attached hydrogens (tertiary/aromatic N) is 1. The average molecular weight is 386 g/mol. The molecule has 28 heavy (non-hydrogen) atoms. The first-order chi connectivity index (χ1) is 13.6. The van der Waals surface area contributed by atoms with Crippen LogP contribution < -0.4 is 10.6 Å². The maximum Gasteiger partial charge on any atom is 0.315 e. The van der Waals surface area contributed by atoms with Gasteiger partial charge in [0.25, 0.3) is 0 Å². The fraction of sp³-hybridized carbons (Fsp3) is 0.826. The Hall–Kier alpha value is -1.52. The summed E-state index contributed by atoms with van der Waals surface area (Å²) in [6, 6.07) is -0.0642. The largest absolute Gasteiger partial charge is 0.338 e. The zero-order valence-electron chi connectivity index (χ0n) is 17.1. The first kappa shape index (κ1) is 18.5. The minimum absolute atomic E-state index is 0.0412. The highest BCUT2D eigenvalue weighted by atomic mass is 16.2. The van der Waals surface area contributed by atoms with Crippen LogP contribution in [0.5, 0.6) is 0 Å². The fourth-order valence-corrected chi connectivity index (χ4v) is 7.31. The summed E-state index contributed by atoms with van der Waals surface area (Å²) in [5.41, 5.74) is 3.17. The van der Waals surface area contributed by atoms with Gasteiger partial charge < -0.3 is 15.5 Å². The van der Waals surface area contributed by atoms with Crippen LogP contribution in [-0.4, -0.2) is 42.0 Å². The van der Waals surface area contributed by atoms with Crippen molar-refractivity contribution < 1.29 is 9.59 Å². The van der Waals surface area contributed by atoms with E-state index in [-0.39, 0.29) is 17.5 Å². The zero-order chi connectivity index (χ0) is 19.1. The lowest BCUT2D eigenvalue weighted by Crippen LogP contribution is -2.61. The summed E-state index contributed by atoms with van der Waals surface area (Å²) >= 11 is 0. The van der Waals surface area contributed by atoms with Crippen LogP contribution in [-0.2, 0) is 4.79 Å². The predicted molar refractivity (Wildman–Crippen MR) is 109 cm³/mol. The van der Waals surface area contributed by atoms with E-state index >= 15 is 0 Å². The van der Waals surface area contributed by atoms with Crippen molar-refractivity contribution in [2.75, 3.05) is 19.6 Å². The van der Waals surface area contributed by atoms with Gasteiger partial charge in [0.05, 0.1) is 0 Å². The zero-order valence-corrected chi connectivity index (χ0v) is 17.1. The van der Waals surface area contributed by atoms with Crippen LogP contribution in [0.3, 0.4) is 0 Å². The van der Waals surface area contributed by atoms with Gasteiger partial charge in [0.2, 0.25) is 5.91 Å². The van der Waals surface area contributed by atoms with E-state index in [9.17, 15) is 9.59 Å². The van der Waals surface area contributed by atoms with Crippen LogP contribution in [0, 0.1) is 17.8 Å². The molecule has 0 aromatic rings. The molecule has 4 bridgehead atoms. The van der Waals surface area contributed by atoms with E-state index in [0.717, 1.165) is 56.5 Å². The normalized spacial score (nSPS) is 36.3. The molecular weight excluding hydrogens is 350 g/mol. The van der Waals surface area contributed by atoms with Crippen molar-refractivity contribution in [2.24, 2.45) is 17.8 Å². The van der Waals surface area contributed by atoms with E-state index in [1.54, 1.807) is 5.57 Å². The van der Waals surface area contributed by atoms with Gasteiger partial charge in [-0.1, -0.05) is 11.1 Å². The molecule has 5 heteroatoms. The van der Waals surface area contributed by atoms with Crippen LogP contribution in [0.4, 0.5) is 4.79 Å². The molecule has 0 saturated heterocycles. The minimum Gasteiger partial charge on any atom is -0.338 e. The SMILES string of the molecule is O=C(NCCC(=O)N1CCC2=C(CCCC2)C1)NC12CC3CC(CC(C3)C1)C2. The second-order valence-electron chi connectivity index (χ2n) is 10.3. The molecule has 6 aliphatic rings. The van der Waals surface area contributed by atoms with Gasteiger partial charge >= 0.3 is 6.03 Å². The first-order valence-electron chi connectivity index (χ1n) is 11.6. The summed E-state index contributed by atoms with van der Waals surface area (Å²) in [5.74, 6) is 2.66. The van der Waals surface area contributed by atoms with Gasteiger partial charge in [-0.2, -0.15) is 0 Å². The average Bonchev–Trinajstić information content (AvgIpc) is 2.66. The van der Waals surface area contributed by atoms with Crippen LogP contribution in [0.2, 0.25) is 0 Å². The van der Waals surface area contributed by atoms with Gasteiger partial charge in [-0.3, -0.25) is 4.79 Å². The lowest BCUT2D eigenvalue weighted by Gasteiger charge is -2.56. The van der Waals surface area contributed by atoms with E-state index in [1.807, 2.05) is 4.90 Å². The van der Waals surface area contributed by atoms with Crippen molar-refractivity contribution in [3.63, 3.8) is 0 Å². The highest BCUT2D eigenvalue weighted by molar-refractivity contribution is 5.79. The molecule has 0 spiro atoms. The molecule has 6 rings (SSSR count). The first-order valence-corrected chi connectivity index (χ1v) is 11.6. The van der Waals surface area contributed by atoms with Crippen LogP contribution in [0.1, 0.15) is 77.0 Å². The van der Waals surface area contributed by atoms with Gasteiger partial charge in [0, 0.05) is 31.6 Å². The molecule has 1 heterocycles. The highest BCUT2D eigenvalue weighted by Gasteiger charge is 2.51. The minimum atomic E-state index is -0.0642. The Bertz CT molecular complexity index is 648. The number of urea groups is 1. The summed E-state index contributed by atoms with van der Waals surface area (Å²) < 4.78 is 0. The van der Waals surface area contributed by atoms with Crippen molar-refractivity contribution in [3.05, 3.63) is 11.1 Å². The number of amides is 3. The lowest BCUT2D eigenvalue weighted by atomic mass is 9.53. The summed E-state index contributed by atoms with van der Waals surface area (Å²) in [4.78, 5) is 27.1. The molecule has 0 aromatic heterocycles. The van der Waals surface area contributed by atoms with Gasteiger partial charge in [-0.05, 0) is 88.4 Å². The third-order valence-electron chi connectivity index (χ3n) is 8.17. The molecule has 0 unspecified atom stereocenters. The molecule has 1 aliphatic heterocycles. The number of hydrogen-bond donors (Lipinski definition) is 2. The van der Waals surface area contributed by atoms with E-state index in [1.165, 1.54) is 50.5 Å². The smallest absolute Gasteiger partial charge is 0.315 e. The summed E-state index contributed by atoms with van der Waals surface area (Å²) in [7, 11) is 0. The van der Waals surface area contributed by atoms with Crippen LogP contribution >= 0.6 is 0 Å². The van der Waals surface area contributed by atoms with Gasteiger partial charge in [0.1, 0.15) is 0 Å². The van der Waals surface area contributed by atoms with Gasteiger partial charge in [-0.25, -0.2) is 4.79 Å². The van der Waals surface area contributed by atoms with E-state index in [2.05, 4.69) is 10.6 Å². The molecule has 4 saturated carbocycles. The third-order valence-corrected chi connectivity index (χ3v) is 8.17. The Morgan fingerprint density at radius 2 is 1.57 bits per heavy atom. The Labute approximate surface area is 168 Å². The summed E-state index contributed by atoms with van der Waals surface area (Å²) in [6.07, 6.45) is 14.1. The predicted octanol–water partition coefficient (Wildman–Crippen LogP) is 3.75. The summed E-state index contributed by atoms with van der Waals surface area (Å²) in [5, 5.41) is 6.31. The van der Waals surface area contributed by atoms with Crippen molar-refractivity contribution in [1.82, 2.24) is 15.5 Å². The number of rotatable bonds is 4. The van der Waals surface area contributed by atoms with Crippen molar-refractivity contribution in [3.8, 4) is 0 Å². The van der Waals surface area contributed by atoms with Crippen LogP contribution in [0.15, 0.2) is 11.1 Å². The van der Waals surface area contributed by atoms with Gasteiger partial charge in [-0.15, -0.1) is 0 Å². The number of nitrogens with one attached hydrogen (secondary N) is 2. The Morgan fingerprint density at radius 3 is 2.25 bits per heavy atom. The number of carbonyl (C=O) groups excluding carboxylic acids is 2. The molecule has 5 nitrogen and oxygen atoms in total. The van der Waals surface area contributed by atoms with Crippen molar-refractivity contribution in [1.29, 1.82) is 0 Å². The van der Waals surface area contributed by atoms with Crippen molar-refractivity contribution >= 4 is 11.9 Å². The number of carbonyl (C=O) groups is 2. The summed E-state index contributed by atoms with van der Waals surface area (Å²) in [6.45, 7) is 2.13. The van der Waals surface area contributed by atoms with Crippen LogP contribution in [0.25, 0.3) is 0 Å².